The van der Waals surface area contributed by atoms with Crippen molar-refractivity contribution >= 4 is 43.2 Å². The molecule has 0 saturated carbocycles. The van der Waals surface area contributed by atoms with Gasteiger partial charge in [-0.25, -0.2) is 8.42 Å². The monoisotopic (exact) mass is 402 g/mol. The second kappa shape index (κ2) is 7.34. The van der Waals surface area contributed by atoms with Gasteiger partial charge in [0.25, 0.3) is 0 Å². The first-order chi connectivity index (χ1) is 13.0. The van der Waals surface area contributed by atoms with Crippen LogP contribution in [-0.4, -0.2) is 41.9 Å². The van der Waals surface area contributed by atoms with Crippen LogP contribution in [-0.2, 0) is 14.8 Å². The molecule has 1 aliphatic heterocycles. The van der Waals surface area contributed by atoms with Crippen molar-refractivity contribution in [2.24, 2.45) is 5.92 Å². The fourth-order valence-corrected chi connectivity index (χ4v) is 5.29. The van der Waals surface area contributed by atoms with Crippen molar-refractivity contribution < 1.29 is 13.2 Å². The highest BCUT2D eigenvalue weighted by molar-refractivity contribution is 7.89. The largest absolute Gasteiger partial charge is 0.300 e. The van der Waals surface area contributed by atoms with E-state index in [1.807, 2.05) is 30.3 Å². The summed E-state index contributed by atoms with van der Waals surface area (Å²) >= 11 is 1.23. The first-order valence-corrected chi connectivity index (χ1v) is 10.9. The topological polar surface area (TPSA) is 92.3 Å². The lowest BCUT2D eigenvalue weighted by Crippen LogP contribution is -2.43. The van der Waals surface area contributed by atoms with Crippen molar-refractivity contribution in [1.82, 2.24) is 14.5 Å². The minimum absolute atomic E-state index is 0.166. The summed E-state index contributed by atoms with van der Waals surface area (Å²) in [6.45, 7) is 0.581. The molecule has 1 aliphatic rings. The molecule has 7 nitrogen and oxygen atoms in total. The van der Waals surface area contributed by atoms with E-state index in [1.54, 1.807) is 12.1 Å². The number of amides is 1. The fraction of sp³-hybridized carbons (Fsp3) is 0.278. The summed E-state index contributed by atoms with van der Waals surface area (Å²) in [5, 5.41) is 12.5. The van der Waals surface area contributed by atoms with E-state index in [4.69, 9.17) is 0 Å². The summed E-state index contributed by atoms with van der Waals surface area (Å²) in [5.41, 5.74) is 1.53. The lowest BCUT2D eigenvalue weighted by Gasteiger charge is -2.31. The van der Waals surface area contributed by atoms with Gasteiger partial charge >= 0.3 is 0 Å². The van der Waals surface area contributed by atoms with E-state index in [0.717, 1.165) is 10.8 Å². The molecular formula is C18H18N4O3S2. The van der Waals surface area contributed by atoms with Crippen molar-refractivity contribution in [2.75, 3.05) is 18.4 Å². The number of nitrogens with one attached hydrogen (secondary N) is 1. The number of piperidine rings is 1. The molecule has 140 valence electrons. The second-order valence-electron chi connectivity index (χ2n) is 6.44. The molecule has 0 aliphatic carbocycles. The maximum absolute atomic E-state index is 13.1. The van der Waals surface area contributed by atoms with E-state index in [2.05, 4.69) is 15.5 Å². The summed E-state index contributed by atoms with van der Waals surface area (Å²) in [6, 6.07) is 12.8. The SMILES string of the molecule is O=C(Nc1nncs1)[C@@H]1CCCN(S(=O)(=O)c2ccc3ccccc3c2)C1. The molecule has 2 heterocycles. The Labute approximate surface area is 161 Å². The Bertz CT molecular complexity index is 1070. The Balaban J connectivity index is 1.54. The number of carbonyl (C=O) groups is 1. The van der Waals surface area contributed by atoms with Crippen LogP contribution in [0.2, 0.25) is 0 Å². The second-order valence-corrected chi connectivity index (χ2v) is 9.22. The standard InChI is InChI=1S/C18H18N4O3S2/c23-17(20-18-21-19-12-26-18)15-6-3-9-22(11-15)27(24,25)16-8-7-13-4-1-2-5-14(13)10-16/h1-2,4-5,7-8,10,12,15H,3,6,9,11H2,(H,20,21,23)/t15-/m1/s1. The number of rotatable bonds is 4. The number of benzene rings is 2. The van der Waals surface area contributed by atoms with E-state index >= 15 is 0 Å². The van der Waals surface area contributed by atoms with E-state index in [-0.39, 0.29) is 17.3 Å². The molecular weight excluding hydrogens is 384 g/mol. The highest BCUT2D eigenvalue weighted by atomic mass is 32.2. The highest BCUT2D eigenvalue weighted by Gasteiger charge is 2.33. The first-order valence-electron chi connectivity index (χ1n) is 8.60. The number of anilines is 1. The van der Waals surface area contributed by atoms with Crippen LogP contribution in [0.4, 0.5) is 5.13 Å². The summed E-state index contributed by atoms with van der Waals surface area (Å²) in [4.78, 5) is 12.7. The number of sulfonamides is 1. The molecule has 1 fully saturated rings. The van der Waals surface area contributed by atoms with Gasteiger partial charge in [-0.15, -0.1) is 10.2 Å². The van der Waals surface area contributed by atoms with Crippen molar-refractivity contribution in [2.45, 2.75) is 17.7 Å². The van der Waals surface area contributed by atoms with Gasteiger partial charge in [-0.05, 0) is 35.7 Å². The van der Waals surface area contributed by atoms with Crippen molar-refractivity contribution in [1.29, 1.82) is 0 Å². The van der Waals surface area contributed by atoms with Crippen LogP contribution in [0.3, 0.4) is 0 Å². The minimum Gasteiger partial charge on any atom is -0.300 e. The van der Waals surface area contributed by atoms with Gasteiger partial charge in [-0.2, -0.15) is 4.31 Å². The third kappa shape index (κ3) is 3.71. The van der Waals surface area contributed by atoms with Crippen molar-refractivity contribution in [3.05, 3.63) is 48.0 Å². The smallest absolute Gasteiger partial charge is 0.243 e. The van der Waals surface area contributed by atoms with Gasteiger partial charge in [0.1, 0.15) is 5.51 Å². The van der Waals surface area contributed by atoms with Crippen LogP contribution < -0.4 is 5.32 Å². The molecule has 1 saturated heterocycles. The Kier molecular flexibility index (Phi) is 4.90. The number of hydrogen-bond acceptors (Lipinski definition) is 6. The Morgan fingerprint density at radius 2 is 2.00 bits per heavy atom. The van der Waals surface area contributed by atoms with Gasteiger partial charge in [-0.1, -0.05) is 41.7 Å². The number of nitrogens with zero attached hydrogens (tertiary/aromatic N) is 3. The normalized spacial score (nSPS) is 18.4. The predicted octanol–water partition coefficient (Wildman–Crippen LogP) is 2.73. The molecule has 0 unspecified atom stereocenters. The average molecular weight is 403 g/mol. The van der Waals surface area contributed by atoms with E-state index in [9.17, 15) is 13.2 Å². The van der Waals surface area contributed by atoms with Crippen molar-refractivity contribution in [3.8, 4) is 0 Å². The quantitative estimate of drug-likeness (QED) is 0.724. The Morgan fingerprint density at radius 3 is 2.78 bits per heavy atom. The number of carbonyl (C=O) groups excluding carboxylic acids is 1. The average Bonchev–Trinajstić information content (AvgIpc) is 3.20. The molecule has 0 bridgehead atoms. The third-order valence-electron chi connectivity index (χ3n) is 4.70. The summed E-state index contributed by atoms with van der Waals surface area (Å²) in [7, 11) is -3.65. The Morgan fingerprint density at radius 1 is 1.19 bits per heavy atom. The molecule has 9 heteroatoms. The van der Waals surface area contributed by atoms with Gasteiger partial charge < -0.3 is 5.32 Å². The lowest BCUT2D eigenvalue weighted by atomic mass is 9.99. The van der Waals surface area contributed by atoms with Crippen LogP contribution in [0.15, 0.2) is 52.9 Å². The minimum atomic E-state index is -3.65. The molecule has 1 N–H and O–H groups in total. The molecule has 1 amide bonds. The molecule has 0 radical (unpaired) electrons. The van der Waals surface area contributed by atoms with Crippen LogP contribution in [0, 0.1) is 5.92 Å². The Hall–Kier alpha value is -2.36. The number of hydrogen-bond donors (Lipinski definition) is 1. The summed E-state index contributed by atoms with van der Waals surface area (Å²) < 4.78 is 27.6. The van der Waals surface area contributed by atoms with E-state index in [0.29, 0.717) is 24.5 Å². The zero-order valence-electron chi connectivity index (χ0n) is 14.4. The fourth-order valence-electron chi connectivity index (χ4n) is 3.29. The molecule has 27 heavy (non-hydrogen) atoms. The maximum Gasteiger partial charge on any atom is 0.243 e. The van der Waals surface area contributed by atoms with Gasteiger partial charge in [0.15, 0.2) is 0 Å². The van der Waals surface area contributed by atoms with Gasteiger partial charge in [0, 0.05) is 13.1 Å². The van der Waals surface area contributed by atoms with Crippen LogP contribution >= 0.6 is 11.3 Å². The van der Waals surface area contributed by atoms with Crippen molar-refractivity contribution in [3.63, 3.8) is 0 Å². The lowest BCUT2D eigenvalue weighted by molar-refractivity contribution is -0.120. The zero-order valence-corrected chi connectivity index (χ0v) is 16.0. The van der Waals surface area contributed by atoms with Gasteiger partial charge in [0.2, 0.25) is 21.1 Å². The molecule has 1 atom stereocenters. The molecule has 2 aromatic carbocycles. The first kappa shape index (κ1) is 18.0. The van der Waals surface area contributed by atoms with Gasteiger partial charge in [0.05, 0.1) is 10.8 Å². The van der Waals surface area contributed by atoms with Crippen LogP contribution in [0.25, 0.3) is 10.8 Å². The molecule has 0 spiro atoms. The van der Waals surface area contributed by atoms with E-state index in [1.165, 1.54) is 21.2 Å². The highest BCUT2D eigenvalue weighted by Crippen LogP contribution is 2.27. The maximum atomic E-state index is 13.1. The third-order valence-corrected chi connectivity index (χ3v) is 7.17. The number of fused-ring (bicyclic) bond motifs is 1. The van der Waals surface area contributed by atoms with Gasteiger partial charge in [-0.3, -0.25) is 4.79 Å². The van der Waals surface area contributed by atoms with Crippen LogP contribution in [0.1, 0.15) is 12.8 Å². The predicted molar refractivity (Wildman–Crippen MR) is 104 cm³/mol. The molecule has 1 aromatic heterocycles. The van der Waals surface area contributed by atoms with E-state index < -0.39 is 15.9 Å². The summed E-state index contributed by atoms with van der Waals surface area (Å²) in [5.74, 6) is -0.622. The molecule has 4 rings (SSSR count). The molecule has 3 aromatic rings. The van der Waals surface area contributed by atoms with Crippen LogP contribution in [0.5, 0.6) is 0 Å². The summed E-state index contributed by atoms with van der Waals surface area (Å²) in [6.07, 6.45) is 1.29. The number of aromatic nitrogens is 2. The zero-order chi connectivity index (χ0) is 18.9.